The zero-order chi connectivity index (χ0) is 20.0. The molecule has 0 aliphatic carbocycles. The predicted molar refractivity (Wildman–Crippen MR) is 98.2 cm³/mol. The molecule has 0 spiro atoms. The molecule has 0 fully saturated rings. The number of amides is 1. The topological polar surface area (TPSA) is 122 Å². The lowest BCUT2D eigenvalue weighted by Crippen LogP contribution is -2.61. The Morgan fingerprint density at radius 2 is 1.52 bits per heavy atom. The molecule has 7 nitrogen and oxygen atoms in total. The molecule has 0 saturated carbocycles. The minimum atomic E-state index is -1.07. The van der Waals surface area contributed by atoms with E-state index in [2.05, 4.69) is 10.6 Å². The van der Waals surface area contributed by atoms with Crippen LogP contribution >= 0.6 is 0 Å². The van der Waals surface area contributed by atoms with E-state index in [4.69, 9.17) is 5.73 Å². The first-order valence-corrected chi connectivity index (χ1v) is 8.99. The van der Waals surface area contributed by atoms with Crippen molar-refractivity contribution in [2.75, 3.05) is 0 Å². The van der Waals surface area contributed by atoms with Crippen LogP contribution in [0.4, 0.5) is 0 Å². The van der Waals surface area contributed by atoms with Gasteiger partial charge in [-0.2, -0.15) is 0 Å². The summed E-state index contributed by atoms with van der Waals surface area (Å²) in [7, 11) is 0. The van der Waals surface area contributed by atoms with Gasteiger partial charge in [-0.15, -0.1) is 0 Å². The number of Topliss-reactive ketones (excluding diaryl/α,β-unsaturated/α-hetero) is 1. The van der Waals surface area contributed by atoms with Crippen LogP contribution < -0.4 is 16.4 Å². The normalized spacial score (nSPS) is 17.9. The summed E-state index contributed by atoms with van der Waals surface area (Å²) >= 11 is 0. The van der Waals surface area contributed by atoms with Gasteiger partial charge in [-0.3, -0.25) is 19.7 Å². The van der Waals surface area contributed by atoms with E-state index in [-0.39, 0.29) is 11.3 Å². The molecule has 0 heterocycles. The lowest BCUT2D eigenvalue weighted by molar-refractivity contribution is -0.145. The van der Waals surface area contributed by atoms with Crippen molar-refractivity contribution < 1.29 is 19.5 Å². The molecule has 0 saturated heterocycles. The SMILES string of the molecule is CCC(C)(CC)NC(C(=O)NC(C)C(=O)C(C)(N)CC)C(C)C(=O)O. The number of hydrogen-bond donors (Lipinski definition) is 4. The Morgan fingerprint density at radius 1 is 1.04 bits per heavy atom. The molecule has 0 aromatic heterocycles. The van der Waals surface area contributed by atoms with Crippen LogP contribution in [0.3, 0.4) is 0 Å². The van der Waals surface area contributed by atoms with Gasteiger partial charge in [0.15, 0.2) is 5.78 Å². The minimum absolute atomic E-state index is 0.279. The zero-order valence-corrected chi connectivity index (χ0v) is 16.6. The molecule has 0 rings (SSSR count). The lowest BCUT2D eigenvalue weighted by Gasteiger charge is -2.35. The summed E-state index contributed by atoms with van der Waals surface area (Å²) in [4.78, 5) is 36.5. The number of carbonyl (C=O) groups is 3. The van der Waals surface area contributed by atoms with Crippen molar-refractivity contribution in [2.24, 2.45) is 11.7 Å². The standard InChI is InChI=1S/C18H35N3O4/c1-8-17(6,9-2)21-13(11(4)16(24)25)15(23)20-12(5)14(22)18(7,19)10-3/h11-13,21H,8-10,19H2,1-7H3,(H,20,23)(H,24,25). The molecule has 7 heteroatoms. The maximum Gasteiger partial charge on any atom is 0.308 e. The van der Waals surface area contributed by atoms with Gasteiger partial charge in [0, 0.05) is 5.54 Å². The van der Waals surface area contributed by atoms with Crippen LogP contribution in [0.5, 0.6) is 0 Å². The third kappa shape index (κ3) is 6.40. The summed E-state index contributed by atoms with van der Waals surface area (Å²) in [5.41, 5.74) is 4.55. The summed E-state index contributed by atoms with van der Waals surface area (Å²) in [6.45, 7) is 12.4. The quantitative estimate of drug-likeness (QED) is 0.444. The lowest BCUT2D eigenvalue weighted by atomic mass is 9.89. The van der Waals surface area contributed by atoms with Gasteiger partial charge in [0.1, 0.15) is 6.04 Å². The highest BCUT2D eigenvalue weighted by Crippen LogP contribution is 2.18. The van der Waals surface area contributed by atoms with Crippen LogP contribution in [-0.2, 0) is 14.4 Å². The van der Waals surface area contributed by atoms with E-state index >= 15 is 0 Å². The fourth-order valence-corrected chi connectivity index (χ4v) is 2.43. The van der Waals surface area contributed by atoms with Gasteiger partial charge in [-0.1, -0.05) is 20.8 Å². The Balaban J connectivity index is 5.37. The number of nitrogens with two attached hydrogens (primary N) is 1. The fourth-order valence-electron chi connectivity index (χ4n) is 2.43. The van der Waals surface area contributed by atoms with Crippen LogP contribution in [0, 0.1) is 5.92 Å². The second-order valence-electron chi connectivity index (χ2n) is 7.38. The van der Waals surface area contributed by atoms with Gasteiger partial charge in [-0.25, -0.2) is 0 Å². The molecule has 0 radical (unpaired) electrons. The van der Waals surface area contributed by atoms with Crippen molar-refractivity contribution in [3.63, 3.8) is 0 Å². The Bertz CT molecular complexity index is 487. The van der Waals surface area contributed by atoms with E-state index < -0.39 is 35.4 Å². The molecule has 4 unspecified atom stereocenters. The summed E-state index contributed by atoms with van der Waals surface area (Å²) in [6.07, 6.45) is 1.93. The van der Waals surface area contributed by atoms with Gasteiger partial charge in [0.25, 0.3) is 0 Å². The highest BCUT2D eigenvalue weighted by molar-refractivity contribution is 5.96. The van der Waals surface area contributed by atoms with Gasteiger partial charge < -0.3 is 16.2 Å². The molecule has 146 valence electrons. The van der Waals surface area contributed by atoms with Crippen LogP contribution in [-0.4, -0.2) is 45.9 Å². The molecule has 5 N–H and O–H groups in total. The number of rotatable bonds is 11. The van der Waals surface area contributed by atoms with Crippen LogP contribution in [0.1, 0.15) is 67.7 Å². The maximum absolute atomic E-state index is 12.7. The molecular weight excluding hydrogens is 322 g/mol. The van der Waals surface area contributed by atoms with Crippen LogP contribution in [0.15, 0.2) is 0 Å². The van der Waals surface area contributed by atoms with Gasteiger partial charge >= 0.3 is 5.97 Å². The molecule has 0 bridgehead atoms. The second-order valence-corrected chi connectivity index (χ2v) is 7.38. The second kappa shape index (κ2) is 9.29. The van der Waals surface area contributed by atoms with E-state index in [1.165, 1.54) is 6.92 Å². The first-order chi connectivity index (χ1) is 11.3. The molecule has 0 aliphatic rings. The number of hydrogen-bond acceptors (Lipinski definition) is 5. The van der Waals surface area contributed by atoms with Crippen molar-refractivity contribution in [2.45, 2.75) is 90.9 Å². The molecule has 25 heavy (non-hydrogen) atoms. The first-order valence-electron chi connectivity index (χ1n) is 8.99. The summed E-state index contributed by atoms with van der Waals surface area (Å²) in [5, 5.41) is 15.2. The van der Waals surface area contributed by atoms with Crippen LogP contribution in [0.25, 0.3) is 0 Å². The number of nitrogens with one attached hydrogen (secondary N) is 2. The monoisotopic (exact) mass is 357 g/mol. The van der Waals surface area contributed by atoms with Gasteiger partial charge in [-0.05, 0) is 47.0 Å². The third-order valence-corrected chi connectivity index (χ3v) is 5.29. The van der Waals surface area contributed by atoms with Gasteiger partial charge in [0.2, 0.25) is 5.91 Å². The number of carbonyl (C=O) groups excluding carboxylic acids is 2. The largest absolute Gasteiger partial charge is 0.481 e. The van der Waals surface area contributed by atoms with Gasteiger partial charge in [0.05, 0.1) is 17.5 Å². The molecule has 1 amide bonds. The molecular formula is C18H35N3O4. The van der Waals surface area contributed by atoms with Crippen molar-refractivity contribution in [3.8, 4) is 0 Å². The van der Waals surface area contributed by atoms with Crippen molar-refractivity contribution >= 4 is 17.7 Å². The number of carboxylic acid groups (broad SMARTS) is 1. The fraction of sp³-hybridized carbons (Fsp3) is 0.833. The highest BCUT2D eigenvalue weighted by Gasteiger charge is 2.37. The van der Waals surface area contributed by atoms with E-state index in [9.17, 15) is 19.5 Å². The number of carboxylic acids is 1. The maximum atomic E-state index is 12.7. The number of aliphatic carboxylic acids is 1. The summed E-state index contributed by atoms with van der Waals surface area (Å²) < 4.78 is 0. The molecule has 0 aliphatic heterocycles. The Hall–Kier alpha value is -1.47. The first kappa shape index (κ1) is 23.5. The Labute approximate surface area is 151 Å². The van der Waals surface area contributed by atoms with Crippen molar-refractivity contribution in [1.29, 1.82) is 0 Å². The summed E-state index contributed by atoms with van der Waals surface area (Å²) in [6, 6.07) is -1.73. The molecule has 0 aromatic rings. The third-order valence-electron chi connectivity index (χ3n) is 5.29. The zero-order valence-electron chi connectivity index (χ0n) is 16.6. The van der Waals surface area contributed by atoms with E-state index in [1.54, 1.807) is 20.8 Å². The molecule has 4 atom stereocenters. The minimum Gasteiger partial charge on any atom is -0.481 e. The van der Waals surface area contributed by atoms with E-state index in [0.29, 0.717) is 6.42 Å². The summed E-state index contributed by atoms with van der Waals surface area (Å²) in [5.74, 6) is -2.79. The van der Waals surface area contributed by atoms with E-state index in [0.717, 1.165) is 12.8 Å². The van der Waals surface area contributed by atoms with Crippen molar-refractivity contribution in [3.05, 3.63) is 0 Å². The highest BCUT2D eigenvalue weighted by atomic mass is 16.4. The predicted octanol–water partition coefficient (Wildman–Crippen LogP) is 1.45. The smallest absolute Gasteiger partial charge is 0.308 e. The Kier molecular flexibility index (Phi) is 8.74. The van der Waals surface area contributed by atoms with Crippen molar-refractivity contribution in [1.82, 2.24) is 10.6 Å². The number of ketones is 1. The Morgan fingerprint density at radius 3 is 1.88 bits per heavy atom. The average molecular weight is 357 g/mol. The molecule has 0 aromatic carbocycles. The van der Waals surface area contributed by atoms with Crippen LogP contribution in [0.2, 0.25) is 0 Å². The van der Waals surface area contributed by atoms with E-state index in [1.807, 2.05) is 20.8 Å². The average Bonchev–Trinajstić information content (AvgIpc) is 2.57.